The Morgan fingerprint density at radius 2 is 1.69 bits per heavy atom. The number of hydrogen-bond acceptors (Lipinski definition) is 2. The van der Waals surface area contributed by atoms with Gasteiger partial charge in [-0.2, -0.15) is 0 Å². The van der Waals surface area contributed by atoms with Crippen LogP contribution in [0, 0.1) is 5.92 Å². The fourth-order valence-electron chi connectivity index (χ4n) is 0.998. The van der Waals surface area contributed by atoms with E-state index in [2.05, 4.69) is 5.32 Å². The maximum atomic E-state index is 11.2. The molecule has 0 saturated heterocycles. The minimum Gasteiger partial charge on any atom is -0.359 e. The van der Waals surface area contributed by atoms with Crippen LogP contribution in [0.15, 0.2) is 0 Å². The molecule has 0 aromatic carbocycles. The van der Waals surface area contributed by atoms with E-state index in [1.54, 1.807) is 7.05 Å². The van der Waals surface area contributed by atoms with Gasteiger partial charge in [-0.05, 0) is 12.8 Å². The molecule has 0 aromatic heterocycles. The first-order valence-electron chi connectivity index (χ1n) is 4.81. The minimum atomic E-state index is 0.0528. The van der Waals surface area contributed by atoms with E-state index < -0.39 is 0 Å². The van der Waals surface area contributed by atoms with Crippen LogP contribution in [0.4, 0.5) is 0 Å². The van der Waals surface area contributed by atoms with Crippen LogP contribution >= 0.6 is 0 Å². The van der Waals surface area contributed by atoms with E-state index in [0.29, 0.717) is 12.8 Å². The maximum Gasteiger partial charge on any atom is 0.219 e. The Balaban J connectivity index is 3.36. The first-order valence-corrected chi connectivity index (χ1v) is 4.81. The molecule has 0 bridgehead atoms. The lowest BCUT2D eigenvalue weighted by atomic mass is 10.0. The summed E-state index contributed by atoms with van der Waals surface area (Å²) in [4.78, 5) is 22.0. The summed E-state index contributed by atoms with van der Waals surface area (Å²) in [6, 6.07) is 0. The summed E-state index contributed by atoms with van der Waals surface area (Å²) in [7, 11) is 1.63. The van der Waals surface area contributed by atoms with Crippen LogP contribution in [-0.4, -0.2) is 18.7 Å². The molecule has 0 aliphatic heterocycles. The first kappa shape index (κ1) is 12.1. The molecule has 1 N–H and O–H groups in total. The Morgan fingerprint density at radius 3 is 2.15 bits per heavy atom. The summed E-state index contributed by atoms with van der Waals surface area (Å²) >= 11 is 0. The molecule has 0 atom stereocenters. The van der Waals surface area contributed by atoms with Gasteiger partial charge in [0.15, 0.2) is 0 Å². The molecular formula is C10H19NO2. The Kier molecular flexibility index (Phi) is 6.20. The molecule has 0 radical (unpaired) electrons. The van der Waals surface area contributed by atoms with E-state index >= 15 is 0 Å². The second-order valence-electron chi connectivity index (χ2n) is 3.50. The molecule has 3 heteroatoms. The van der Waals surface area contributed by atoms with Crippen LogP contribution in [0.25, 0.3) is 0 Å². The topological polar surface area (TPSA) is 46.2 Å². The van der Waals surface area contributed by atoms with Crippen molar-refractivity contribution in [1.82, 2.24) is 5.32 Å². The van der Waals surface area contributed by atoms with Crippen molar-refractivity contribution >= 4 is 11.7 Å². The molecule has 0 unspecified atom stereocenters. The Labute approximate surface area is 79.9 Å². The van der Waals surface area contributed by atoms with Crippen LogP contribution in [-0.2, 0) is 9.59 Å². The van der Waals surface area contributed by atoms with Gasteiger partial charge in [-0.3, -0.25) is 9.59 Å². The normalized spacial score (nSPS) is 10.2. The van der Waals surface area contributed by atoms with Crippen molar-refractivity contribution in [3.8, 4) is 0 Å². The third kappa shape index (κ3) is 6.31. The van der Waals surface area contributed by atoms with Crippen LogP contribution in [0.5, 0.6) is 0 Å². The summed E-state index contributed by atoms with van der Waals surface area (Å²) in [5.74, 6) is 0.467. The zero-order chi connectivity index (χ0) is 10.3. The lowest BCUT2D eigenvalue weighted by molar-refractivity contribution is -0.123. The second-order valence-corrected chi connectivity index (χ2v) is 3.50. The zero-order valence-corrected chi connectivity index (χ0v) is 8.72. The van der Waals surface area contributed by atoms with Gasteiger partial charge in [-0.25, -0.2) is 0 Å². The molecule has 1 amide bonds. The van der Waals surface area contributed by atoms with Gasteiger partial charge >= 0.3 is 0 Å². The number of amides is 1. The van der Waals surface area contributed by atoms with Crippen molar-refractivity contribution in [1.29, 1.82) is 0 Å². The highest BCUT2D eigenvalue weighted by atomic mass is 16.1. The van der Waals surface area contributed by atoms with Gasteiger partial charge in [0.1, 0.15) is 5.78 Å². The molecule has 0 aromatic rings. The van der Waals surface area contributed by atoms with Crippen LogP contribution in [0.3, 0.4) is 0 Å². The van der Waals surface area contributed by atoms with Gasteiger partial charge in [0.2, 0.25) is 5.91 Å². The molecule has 3 nitrogen and oxygen atoms in total. The monoisotopic (exact) mass is 185 g/mol. The molecule has 0 aliphatic carbocycles. The Hall–Kier alpha value is -0.860. The van der Waals surface area contributed by atoms with Gasteiger partial charge in [-0.15, -0.1) is 0 Å². The lowest BCUT2D eigenvalue weighted by Gasteiger charge is -2.03. The SMILES string of the molecule is CNC(=O)CCCCC(=O)C(C)C. The fraction of sp³-hybridized carbons (Fsp3) is 0.800. The standard InChI is InChI=1S/C10H19NO2/c1-8(2)9(12)6-4-5-7-10(13)11-3/h8H,4-7H2,1-3H3,(H,11,13). The molecule has 0 saturated carbocycles. The van der Waals surface area contributed by atoms with Gasteiger partial charge in [0, 0.05) is 25.8 Å². The highest BCUT2D eigenvalue weighted by molar-refractivity contribution is 5.80. The van der Waals surface area contributed by atoms with E-state index in [9.17, 15) is 9.59 Å². The number of Topliss-reactive ketones (excluding diaryl/α,β-unsaturated/α-hetero) is 1. The van der Waals surface area contributed by atoms with E-state index in [1.807, 2.05) is 13.8 Å². The summed E-state index contributed by atoms with van der Waals surface area (Å²) in [6.45, 7) is 3.81. The quantitative estimate of drug-likeness (QED) is 0.638. The Morgan fingerprint density at radius 1 is 1.15 bits per heavy atom. The minimum absolute atomic E-state index is 0.0528. The van der Waals surface area contributed by atoms with Crippen molar-refractivity contribution in [2.75, 3.05) is 7.05 Å². The van der Waals surface area contributed by atoms with Crippen molar-refractivity contribution in [3.05, 3.63) is 0 Å². The van der Waals surface area contributed by atoms with Crippen molar-refractivity contribution in [2.24, 2.45) is 5.92 Å². The molecule has 0 fully saturated rings. The zero-order valence-electron chi connectivity index (χ0n) is 8.72. The molecule has 76 valence electrons. The summed E-state index contributed by atoms with van der Waals surface area (Å²) in [5, 5.41) is 2.55. The highest BCUT2D eigenvalue weighted by Gasteiger charge is 2.06. The number of carbonyl (C=O) groups is 2. The van der Waals surface area contributed by atoms with Crippen LogP contribution in [0.2, 0.25) is 0 Å². The van der Waals surface area contributed by atoms with Crippen LogP contribution in [0.1, 0.15) is 39.5 Å². The van der Waals surface area contributed by atoms with Gasteiger partial charge in [-0.1, -0.05) is 13.8 Å². The average molecular weight is 185 g/mol. The summed E-state index contributed by atoms with van der Waals surface area (Å²) in [5.41, 5.74) is 0. The largest absolute Gasteiger partial charge is 0.359 e. The van der Waals surface area contributed by atoms with Crippen molar-refractivity contribution in [3.63, 3.8) is 0 Å². The number of rotatable bonds is 6. The molecule has 13 heavy (non-hydrogen) atoms. The third-order valence-corrected chi connectivity index (χ3v) is 2.00. The van der Waals surface area contributed by atoms with Gasteiger partial charge in [0.05, 0.1) is 0 Å². The fourth-order valence-corrected chi connectivity index (χ4v) is 0.998. The van der Waals surface area contributed by atoms with Gasteiger partial charge in [0.25, 0.3) is 0 Å². The van der Waals surface area contributed by atoms with E-state index in [4.69, 9.17) is 0 Å². The van der Waals surface area contributed by atoms with E-state index in [1.165, 1.54) is 0 Å². The van der Waals surface area contributed by atoms with E-state index in [0.717, 1.165) is 12.8 Å². The van der Waals surface area contributed by atoms with E-state index in [-0.39, 0.29) is 17.6 Å². The van der Waals surface area contributed by atoms with Gasteiger partial charge < -0.3 is 5.32 Å². The average Bonchev–Trinajstić information content (AvgIpc) is 2.11. The molecule has 0 spiro atoms. The highest BCUT2D eigenvalue weighted by Crippen LogP contribution is 2.05. The summed E-state index contributed by atoms with van der Waals surface area (Å²) in [6.07, 6.45) is 2.76. The number of nitrogens with one attached hydrogen (secondary N) is 1. The number of unbranched alkanes of at least 4 members (excludes halogenated alkanes) is 1. The molecule has 0 rings (SSSR count). The second kappa shape index (κ2) is 6.63. The number of carbonyl (C=O) groups excluding carboxylic acids is 2. The Bertz CT molecular complexity index is 176. The van der Waals surface area contributed by atoms with Crippen molar-refractivity contribution in [2.45, 2.75) is 39.5 Å². The lowest BCUT2D eigenvalue weighted by Crippen LogP contribution is -2.17. The number of hydrogen-bond donors (Lipinski definition) is 1. The predicted molar refractivity (Wildman–Crippen MR) is 52.4 cm³/mol. The molecular weight excluding hydrogens is 166 g/mol. The third-order valence-electron chi connectivity index (χ3n) is 2.00. The summed E-state index contributed by atoms with van der Waals surface area (Å²) < 4.78 is 0. The van der Waals surface area contributed by atoms with Crippen molar-refractivity contribution < 1.29 is 9.59 Å². The maximum absolute atomic E-state index is 11.2. The molecule has 0 aliphatic rings. The molecule has 0 heterocycles. The smallest absolute Gasteiger partial charge is 0.219 e. The number of ketones is 1. The van der Waals surface area contributed by atoms with Crippen LogP contribution < -0.4 is 5.32 Å². The first-order chi connectivity index (χ1) is 6.07. The predicted octanol–water partition coefficient (Wildman–Crippen LogP) is 1.52.